The van der Waals surface area contributed by atoms with Crippen molar-refractivity contribution in [2.24, 2.45) is 0 Å². The summed E-state index contributed by atoms with van der Waals surface area (Å²) in [4.78, 5) is 12.3. The molecule has 2 rings (SSSR count). The van der Waals surface area contributed by atoms with Crippen molar-refractivity contribution in [3.8, 4) is 0 Å². The largest absolute Gasteiger partial charge is 0.466 e. The molecule has 0 amide bonds. The number of methoxy groups -OCH3 is 1. The van der Waals surface area contributed by atoms with Gasteiger partial charge >= 0.3 is 5.97 Å². The Labute approximate surface area is 130 Å². The van der Waals surface area contributed by atoms with Gasteiger partial charge in [-0.25, -0.2) is 4.79 Å². The van der Waals surface area contributed by atoms with Gasteiger partial charge in [-0.2, -0.15) is 0 Å². The molecule has 0 fully saturated rings. The lowest BCUT2D eigenvalue weighted by Gasteiger charge is -2.37. The minimum Gasteiger partial charge on any atom is -0.466 e. The normalized spacial score (nSPS) is 25.0. The van der Waals surface area contributed by atoms with Crippen molar-refractivity contribution in [1.29, 1.82) is 0 Å². The highest BCUT2D eigenvalue weighted by Gasteiger charge is 2.39. The molecule has 2 atom stereocenters. The van der Waals surface area contributed by atoms with Crippen LogP contribution in [0, 0.1) is 0 Å². The zero-order chi connectivity index (χ0) is 16.2. The van der Waals surface area contributed by atoms with E-state index in [1.165, 1.54) is 7.11 Å². The number of rotatable bonds is 5. The van der Waals surface area contributed by atoms with Crippen LogP contribution in [0.4, 0.5) is 0 Å². The van der Waals surface area contributed by atoms with Gasteiger partial charge in [-0.1, -0.05) is 30.3 Å². The SMILES string of the molecule is COC(=O)C1=C(NCCO)CC(C)(O)CC1c1ccccc1. The first-order valence-electron chi connectivity index (χ1n) is 7.42. The number of ether oxygens (including phenoxy) is 1. The Bertz CT molecular complexity index is 551. The van der Waals surface area contributed by atoms with Crippen molar-refractivity contribution in [3.63, 3.8) is 0 Å². The molecule has 0 radical (unpaired) electrons. The number of esters is 1. The van der Waals surface area contributed by atoms with E-state index in [1.54, 1.807) is 6.92 Å². The molecule has 2 unspecified atom stereocenters. The first kappa shape index (κ1) is 16.5. The maximum absolute atomic E-state index is 12.3. The van der Waals surface area contributed by atoms with Crippen LogP contribution in [0.15, 0.2) is 41.6 Å². The van der Waals surface area contributed by atoms with Crippen LogP contribution in [0.3, 0.4) is 0 Å². The summed E-state index contributed by atoms with van der Waals surface area (Å²) < 4.78 is 4.94. The van der Waals surface area contributed by atoms with E-state index in [0.29, 0.717) is 30.7 Å². The maximum Gasteiger partial charge on any atom is 0.336 e. The zero-order valence-electron chi connectivity index (χ0n) is 13.0. The van der Waals surface area contributed by atoms with Gasteiger partial charge in [0.2, 0.25) is 0 Å². The average molecular weight is 305 g/mol. The van der Waals surface area contributed by atoms with Crippen LogP contribution in [0.25, 0.3) is 0 Å². The number of aliphatic hydroxyl groups excluding tert-OH is 1. The van der Waals surface area contributed by atoms with E-state index in [9.17, 15) is 9.90 Å². The Morgan fingerprint density at radius 1 is 1.41 bits per heavy atom. The van der Waals surface area contributed by atoms with E-state index in [-0.39, 0.29) is 12.5 Å². The molecule has 5 heteroatoms. The molecule has 1 aliphatic carbocycles. The Balaban J connectivity index is 2.49. The Morgan fingerprint density at radius 3 is 2.68 bits per heavy atom. The predicted octanol–water partition coefficient (Wildman–Crippen LogP) is 1.32. The molecule has 0 spiro atoms. The number of benzene rings is 1. The first-order valence-corrected chi connectivity index (χ1v) is 7.42. The minimum atomic E-state index is -0.921. The molecule has 0 heterocycles. The fraction of sp³-hybridized carbons (Fsp3) is 0.471. The molecular formula is C17H23NO4. The van der Waals surface area contributed by atoms with Gasteiger partial charge in [-0.3, -0.25) is 0 Å². The third-order valence-corrected chi connectivity index (χ3v) is 3.93. The molecule has 0 saturated heterocycles. The molecule has 5 nitrogen and oxygen atoms in total. The lowest BCUT2D eigenvalue weighted by atomic mass is 9.74. The van der Waals surface area contributed by atoms with Crippen LogP contribution in [0.2, 0.25) is 0 Å². The number of hydrogen-bond donors (Lipinski definition) is 3. The molecule has 1 aromatic carbocycles. The summed E-state index contributed by atoms with van der Waals surface area (Å²) in [5.41, 5.74) is 1.22. The highest BCUT2D eigenvalue weighted by Crippen LogP contribution is 2.42. The summed E-state index contributed by atoms with van der Waals surface area (Å²) in [5.74, 6) is -0.636. The van der Waals surface area contributed by atoms with E-state index in [1.807, 2.05) is 30.3 Å². The summed E-state index contributed by atoms with van der Waals surface area (Å²) in [6.45, 7) is 2.04. The van der Waals surface area contributed by atoms with Gasteiger partial charge in [-0.05, 0) is 18.9 Å². The first-order chi connectivity index (χ1) is 10.5. The van der Waals surface area contributed by atoms with Crippen LogP contribution in [0.1, 0.15) is 31.2 Å². The number of aliphatic hydroxyl groups is 2. The van der Waals surface area contributed by atoms with Crippen LogP contribution in [0.5, 0.6) is 0 Å². The van der Waals surface area contributed by atoms with Crippen molar-refractivity contribution in [2.45, 2.75) is 31.3 Å². The topological polar surface area (TPSA) is 78.8 Å². The van der Waals surface area contributed by atoms with Crippen LogP contribution < -0.4 is 5.32 Å². The van der Waals surface area contributed by atoms with Crippen LogP contribution in [-0.2, 0) is 9.53 Å². The van der Waals surface area contributed by atoms with Crippen LogP contribution >= 0.6 is 0 Å². The second-order valence-electron chi connectivity index (χ2n) is 5.88. The molecule has 120 valence electrons. The number of nitrogens with one attached hydrogen (secondary N) is 1. The Kier molecular flexibility index (Phi) is 5.21. The molecule has 0 saturated carbocycles. The van der Waals surface area contributed by atoms with Crippen molar-refractivity contribution in [3.05, 3.63) is 47.2 Å². The highest BCUT2D eigenvalue weighted by molar-refractivity contribution is 5.91. The van der Waals surface area contributed by atoms with E-state index in [4.69, 9.17) is 9.84 Å². The fourth-order valence-electron chi connectivity index (χ4n) is 3.01. The second-order valence-corrected chi connectivity index (χ2v) is 5.88. The van der Waals surface area contributed by atoms with Gasteiger partial charge in [0.15, 0.2) is 0 Å². The number of carbonyl (C=O) groups is 1. The third-order valence-electron chi connectivity index (χ3n) is 3.93. The maximum atomic E-state index is 12.3. The fourth-order valence-corrected chi connectivity index (χ4v) is 3.01. The quantitative estimate of drug-likeness (QED) is 0.715. The Hall–Kier alpha value is -1.85. The highest BCUT2D eigenvalue weighted by atomic mass is 16.5. The smallest absolute Gasteiger partial charge is 0.336 e. The van der Waals surface area contributed by atoms with E-state index >= 15 is 0 Å². The van der Waals surface area contributed by atoms with Gasteiger partial charge in [0.25, 0.3) is 0 Å². The van der Waals surface area contributed by atoms with Gasteiger partial charge < -0.3 is 20.3 Å². The molecule has 0 bridgehead atoms. The molecule has 0 aliphatic heterocycles. The van der Waals surface area contributed by atoms with Crippen molar-refractivity contribution >= 4 is 5.97 Å². The van der Waals surface area contributed by atoms with E-state index in [2.05, 4.69) is 5.32 Å². The minimum absolute atomic E-state index is 0.0455. The van der Waals surface area contributed by atoms with Crippen molar-refractivity contribution < 1.29 is 19.7 Å². The lowest BCUT2D eigenvalue weighted by molar-refractivity contribution is -0.137. The van der Waals surface area contributed by atoms with Crippen LogP contribution in [-0.4, -0.2) is 42.0 Å². The summed E-state index contributed by atoms with van der Waals surface area (Å²) in [6, 6.07) is 9.62. The van der Waals surface area contributed by atoms with E-state index in [0.717, 1.165) is 5.56 Å². The zero-order valence-corrected chi connectivity index (χ0v) is 13.0. The average Bonchev–Trinajstić information content (AvgIpc) is 2.51. The second kappa shape index (κ2) is 6.94. The summed E-state index contributed by atoms with van der Waals surface area (Å²) in [6.07, 6.45) is 0.784. The monoisotopic (exact) mass is 305 g/mol. The van der Waals surface area contributed by atoms with Crippen molar-refractivity contribution in [2.75, 3.05) is 20.3 Å². The standard InChI is InChI=1S/C17H23NO4/c1-17(21)10-13(12-6-4-3-5-7-12)15(16(20)22-2)14(11-17)18-8-9-19/h3-7,13,18-19,21H,8-11H2,1-2H3. The number of carbonyl (C=O) groups excluding carboxylic acids is 1. The molecular weight excluding hydrogens is 282 g/mol. The summed E-state index contributed by atoms with van der Waals surface area (Å²) in [7, 11) is 1.35. The van der Waals surface area contributed by atoms with Gasteiger partial charge in [-0.15, -0.1) is 0 Å². The molecule has 3 N–H and O–H groups in total. The summed E-state index contributed by atoms with van der Waals surface area (Å²) >= 11 is 0. The van der Waals surface area contributed by atoms with Gasteiger partial charge in [0.05, 0.1) is 24.9 Å². The van der Waals surface area contributed by atoms with Crippen molar-refractivity contribution in [1.82, 2.24) is 5.32 Å². The molecule has 0 aromatic heterocycles. The number of hydrogen-bond acceptors (Lipinski definition) is 5. The Morgan fingerprint density at radius 2 is 2.09 bits per heavy atom. The van der Waals surface area contributed by atoms with Gasteiger partial charge in [0.1, 0.15) is 0 Å². The third kappa shape index (κ3) is 3.67. The summed E-state index contributed by atoms with van der Waals surface area (Å²) in [5, 5.41) is 22.6. The molecule has 1 aliphatic rings. The van der Waals surface area contributed by atoms with Gasteiger partial charge in [0, 0.05) is 24.6 Å². The predicted molar refractivity (Wildman–Crippen MR) is 83.2 cm³/mol. The lowest BCUT2D eigenvalue weighted by Crippen LogP contribution is -2.39. The molecule has 1 aromatic rings. The molecule has 22 heavy (non-hydrogen) atoms. The van der Waals surface area contributed by atoms with E-state index < -0.39 is 11.6 Å².